The molecule has 0 unspecified atom stereocenters. The number of carbonyl (C=O) groups excluding carboxylic acids is 1. The third-order valence-electron chi connectivity index (χ3n) is 2.70. The van der Waals surface area contributed by atoms with Crippen molar-refractivity contribution in [2.24, 2.45) is 0 Å². The van der Waals surface area contributed by atoms with Crippen LogP contribution in [0.1, 0.15) is 30.1 Å². The fraction of sp³-hybridized carbons (Fsp3) is 0.533. The minimum atomic E-state index is -0.124. The van der Waals surface area contributed by atoms with Crippen LogP contribution >= 0.6 is 0 Å². The van der Waals surface area contributed by atoms with Crippen LogP contribution in [0.2, 0.25) is 0 Å². The smallest absolute Gasteiger partial charge is 0.251 e. The number of methoxy groups -OCH3 is 2. The van der Waals surface area contributed by atoms with Crippen LogP contribution in [0.4, 0.5) is 0 Å². The van der Waals surface area contributed by atoms with Crippen molar-refractivity contribution in [1.82, 2.24) is 5.32 Å². The maximum Gasteiger partial charge on any atom is 0.251 e. The van der Waals surface area contributed by atoms with Crippen molar-refractivity contribution >= 4 is 5.91 Å². The Morgan fingerprint density at radius 2 is 2.00 bits per heavy atom. The Morgan fingerprint density at radius 1 is 1.20 bits per heavy atom. The molecule has 0 radical (unpaired) electrons. The van der Waals surface area contributed by atoms with E-state index >= 15 is 0 Å². The molecule has 0 saturated carbocycles. The van der Waals surface area contributed by atoms with Crippen LogP contribution in [-0.4, -0.2) is 39.9 Å². The van der Waals surface area contributed by atoms with Gasteiger partial charge < -0.3 is 19.5 Å². The summed E-state index contributed by atoms with van der Waals surface area (Å²) in [5.41, 5.74) is 0.558. The summed E-state index contributed by atoms with van der Waals surface area (Å²) >= 11 is 0. The first-order valence-electron chi connectivity index (χ1n) is 6.80. The monoisotopic (exact) mass is 281 g/mol. The van der Waals surface area contributed by atoms with Gasteiger partial charge in [0.25, 0.3) is 5.91 Å². The molecule has 20 heavy (non-hydrogen) atoms. The molecule has 0 aliphatic heterocycles. The molecule has 0 aliphatic rings. The number of hydrogen-bond acceptors (Lipinski definition) is 4. The van der Waals surface area contributed by atoms with Gasteiger partial charge in [0.15, 0.2) is 11.5 Å². The molecule has 0 spiro atoms. The molecule has 0 saturated heterocycles. The lowest BCUT2D eigenvalue weighted by Gasteiger charge is -2.11. The Kier molecular flexibility index (Phi) is 7.50. The first-order chi connectivity index (χ1) is 9.72. The summed E-state index contributed by atoms with van der Waals surface area (Å²) in [5.74, 6) is 1.11. The van der Waals surface area contributed by atoms with Gasteiger partial charge in [-0.05, 0) is 31.0 Å². The minimum Gasteiger partial charge on any atom is -0.493 e. The number of benzene rings is 1. The van der Waals surface area contributed by atoms with Gasteiger partial charge in [-0.1, -0.05) is 6.92 Å². The quantitative estimate of drug-likeness (QED) is 0.705. The second-order valence-corrected chi connectivity index (χ2v) is 4.32. The molecule has 1 rings (SSSR count). The molecule has 0 aliphatic carbocycles. The third kappa shape index (κ3) is 5.09. The minimum absolute atomic E-state index is 0.124. The highest BCUT2D eigenvalue weighted by Crippen LogP contribution is 2.28. The van der Waals surface area contributed by atoms with Crippen molar-refractivity contribution in [1.29, 1.82) is 0 Å². The average Bonchev–Trinajstić information content (AvgIpc) is 2.49. The molecule has 1 aromatic carbocycles. The van der Waals surface area contributed by atoms with Gasteiger partial charge in [0.1, 0.15) is 0 Å². The fourth-order valence-corrected chi connectivity index (χ4v) is 1.66. The first-order valence-corrected chi connectivity index (χ1v) is 6.80. The summed E-state index contributed by atoms with van der Waals surface area (Å²) in [6.07, 6.45) is 1.71. The van der Waals surface area contributed by atoms with Gasteiger partial charge >= 0.3 is 0 Å². The number of nitrogens with one attached hydrogen (secondary N) is 1. The van der Waals surface area contributed by atoms with Gasteiger partial charge in [-0.25, -0.2) is 0 Å². The Labute approximate surface area is 120 Å². The van der Waals surface area contributed by atoms with Crippen molar-refractivity contribution in [2.75, 3.05) is 34.0 Å². The lowest BCUT2D eigenvalue weighted by Crippen LogP contribution is -2.25. The molecule has 0 aromatic heterocycles. The first kappa shape index (κ1) is 16.3. The van der Waals surface area contributed by atoms with Crippen LogP contribution in [0, 0.1) is 0 Å². The van der Waals surface area contributed by atoms with Crippen LogP contribution < -0.4 is 14.8 Å². The molecule has 1 aromatic rings. The SMILES string of the molecule is CCCOc1ccc(C(=O)NCCCOC)cc1OC. The zero-order valence-corrected chi connectivity index (χ0v) is 12.4. The Balaban J connectivity index is 2.64. The van der Waals surface area contributed by atoms with Crippen molar-refractivity contribution in [3.63, 3.8) is 0 Å². The Bertz CT molecular complexity index is 420. The predicted molar refractivity (Wildman–Crippen MR) is 77.6 cm³/mol. The van der Waals surface area contributed by atoms with Crippen LogP contribution in [0.5, 0.6) is 11.5 Å². The molecule has 5 heteroatoms. The van der Waals surface area contributed by atoms with Crippen molar-refractivity contribution in [3.05, 3.63) is 23.8 Å². The van der Waals surface area contributed by atoms with E-state index in [9.17, 15) is 4.79 Å². The molecule has 0 heterocycles. The Hall–Kier alpha value is -1.75. The summed E-state index contributed by atoms with van der Waals surface area (Å²) in [7, 11) is 3.20. The van der Waals surface area contributed by atoms with E-state index in [1.54, 1.807) is 32.4 Å². The van der Waals surface area contributed by atoms with Crippen LogP contribution in [0.3, 0.4) is 0 Å². The van der Waals surface area contributed by atoms with Gasteiger partial charge in [-0.15, -0.1) is 0 Å². The molecule has 112 valence electrons. The molecule has 0 fully saturated rings. The normalized spacial score (nSPS) is 10.2. The highest BCUT2D eigenvalue weighted by molar-refractivity contribution is 5.94. The van der Waals surface area contributed by atoms with E-state index < -0.39 is 0 Å². The predicted octanol–water partition coefficient (Wildman–Crippen LogP) is 2.25. The van der Waals surface area contributed by atoms with Gasteiger partial charge in [-0.2, -0.15) is 0 Å². The van der Waals surface area contributed by atoms with Gasteiger partial charge in [0.05, 0.1) is 13.7 Å². The highest BCUT2D eigenvalue weighted by atomic mass is 16.5. The number of rotatable bonds is 9. The molecule has 0 bridgehead atoms. The standard InChI is InChI=1S/C15H23NO4/c1-4-9-20-13-7-6-12(11-14(13)19-3)15(17)16-8-5-10-18-2/h6-7,11H,4-5,8-10H2,1-3H3,(H,16,17). The summed E-state index contributed by atoms with van der Waals surface area (Å²) < 4.78 is 15.7. The zero-order valence-electron chi connectivity index (χ0n) is 12.4. The number of amides is 1. The summed E-state index contributed by atoms with van der Waals surface area (Å²) in [6.45, 7) is 3.88. The lowest BCUT2D eigenvalue weighted by molar-refractivity contribution is 0.0948. The Morgan fingerprint density at radius 3 is 2.65 bits per heavy atom. The number of hydrogen-bond donors (Lipinski definition) is 1. The van der Waals surface area contributed by atoms with Crippen LogP contribution in [-0.2, 0) is 4.74 Å². The maximum atomic E-state index is 12.0. The topological polar surface area (TPSA) is 56.8 Å². The van der Waals surface area contributed by atoms with Crippen molar-refractivity contribution < 1.29 is 19.0 Å². The molecule has 5 nitrogen and oxygen atoms in total. The summed E-state index contributed by atoms with van der Waals surface area (Å²) in [4.78, 5) is 12.0. The van der Waals surface area contributed by atoms with Gasteiger partial charge in [0.2, 0.25) is 0 Å². The number of ether oxygens (including phenoxy) is 3. The summed E-state index contributed by atoms with van der Waals surface area (Å²) in [6, 6.07) is 5.19. The van der Waals surface area contributed by atoms with E-state index in [0.29, 0.717) is 36.8 Å². The van der Waals surface area contributed by atoms with E-state index in [0.717, 1.165) is 12.8 Å². The lowest BCUT2D eigenvalue weighted by atomic mass is 10.2. The zero-order chi connectivity index (χ0) is 14.8. The van der Waals surface area contributed by atoms with E-state index in [4.69, 9.17) is 14.2 Å². The molecular weight excluding hydrogens is 258 g/mol. The van der Waals surface area contributed by atoms with Gasteiger partial charge in [-0.3, -0.25) is 4.79 Å². The number of carbonyl (C=O) groups is 1. The van der Waals surface area contributed by atoms with E-state index in [-0.39, 0.29) is 5.91 Å². The maximum absolute atomic E-state index is 12.0. The van der Waals surface area contributed by atoms with E-state index in [1.165, 1.54) is 0 Å². The molecular formula is C15H23NO4. The second-order valence-electron chi connectivity index (χ2n) is 4.32. The van der Waals surface area contributed by atoms with E-state index in [2.05, 4.69) is 5.32 Å². The highest BCUT2D eigenvalue weighted by Gasteiger charge is 2.10. The second kappa shape index (κ2) is 9.20. The van der Waals surface area contributed by atoms with Crippen LogP contribution in [0.25, 0.3) is 0 Å². The molecule has 0 atom stereocenters. The summed E-state index contributed by atoms with van der Waals surface area (Å²) in [5, 5.41) is 2.83. The fourth-order valence-electron chi connectivity index (χ4n) is 1.66. The molecule has 1 amide bonds. The third-order valence-corrected chi connectivity index (χ3v) is 2.70. The van der Waals surface area contributed by atoms with Gasteiger partial charge in [0, 0.05) is 25.8 Å². The average molecular weight is 281 g/mol. The van der Waals surface area contributed by atoms with Crippen LogP contribution in [0.15, 0.2) is 18.2 Å². The van der Waals surface area contributed by atoms with E-state index in [1.807, 2.05) is 6.92 Å². The molecule has 1 N–H and O–H groups in total. The van der Waals surface area contributed by atoms with Crippen molar-refractivity contribution in [3.8, 4) is 11.5 Å². The van der Waals surface area contributed by atoms with Crippen molar-refractivity contribution in [2.45, 2.75) is 19.8 Å². The largest absolute Gasteiger partial charge is 0.493 e.